The van der Waals surface area contributed by atoms with Crippen molar-refractivity contribution in [2.24, 2.45) is 7.05 Å². The molecule has 1 N–H and O–H groups in total. The van der Waals surface area contributed by atoms with Crippen LogP contribution in [0.3, 0.4) is 0 Å². The van der Waals surface area contributed by atoms with Crippen molar-refractivity contribution < 1.29 is 18.7 Å². The highest BCUT2D eigenvalue weighted by Gasteiger charge is 2.35. The molecule has 1 aliphatic rings. The molecule has 8 heteroatoms. The molecule has 2 heterocycles. The highest BCUT2D eigenvalue weighted by Crippen LogP contribution is 2.29. The average Bonchev–Trinajstić information content (AvgIpc) is 3.14. The highest BCUT2D eigenvalue weighted by atomic mass is 19.1. The van der Waals surface area contributed by atoms with Crippen molar-refractivity contribution in [3.63, 3.8) is 0 Å². The van der Waals surface area contributed by atoms with Gasteiger partial charge in [0.05, 0.1) is 11.4 Å². The Bertz CT molecular complexity index is 1150. The van der Waals surface area contributed by atoms with E-state index in [0.29, 0.717) is 18.0 Å². The molecule has 166 valence electrons. The Morgan fingerprint density at radius 3 is 2.59 bits per heavy atom. The molecule has 1 aromatic heterocycles. The molecule has 0 radical (unpaired) electrons. The van der Waals surface area contributed by atoms with Crippen LogP contribution < -0.4 is 10.1 Å². The third-order valence-corrected chi connectivity index (χ3v) is 5.58. The standard InChI is InChI=1S/C24H25FN4O3/c1-15-7-6-8-16(2)23(15)32-14-21(30)29-12-17-11-28(3)27-22(17)18(13-29)24(31)26-20-10-5-4-9-19(20)25/h4-11,18H,12-14H2,1-3H3,(H,26,31). The number of ether oxygens (including phenoxy) is 1. The molecule has 2 amide bonds. The molecule has 1 atom stereocenters. The summed E-state index contributed by atoms with van der Waals surface area (Å²) in [6.45, 7) is 4.20. The van der Waals surface area contributed by atoms with Crippen LogP contribution in [0, 0.1) is 19.7 Å². The highest BCUT2D eigenvalue weighted by molar-refractivity contribution is 5.96. The maximum absolute atomic E-state index is 14.0. The van der Waals surface area contributed by atoms with E-state index < -0.39 is 17.6 Å². The monoisotopic (exact) mass is 436 g/mol. The molecule has 0 saturated heterocycles. The van der Waals surface area contributed by atoms with E-state index in [4.69, 9.17) is 4.74 Å². The van der Waals surface area contributed by atoms with Gasteiger partial charge in [-0.05, 0) is 37.1 Å². The zero-order valence-corrected chi connectivity index (χ0v) is 18.3. The third kappa shape index (κ3) is 4.34. The minimum atomic E-state index is -0.719. The van der Waals surface area contributed by atoms with E-state index in [2.05, 4.69) is 10.4 Å². The smallest absolute Gasteiger partial charge is 0.260 e. The minimum absolute atomic E-state index is 0.0943. The zero-order valence-electron chi connectivity index (χ0n) is 18.3. The second-order valence-corrected chi connectivity index (χ2v) is 8.02. The van der Waals surface area contributed by atoms with Crippen molar-refractivity contribution >= 4 is 17.5 Å². The molecule has 0 fully saturated rings. The summed E-state index contributed by atoms with van der Waals surface area (Å²) in [7, 11) is 1.76. The van der Waals surface area contributed by atoms with Gasteiger partial charge in [0, 0.05) is 31.9 Å². The second kappa shape index (κ2) is 8.82. The minimum Gasteiger partial charge on any atom is -0.483 e. The second-order valence-electron chi connectivity index (χ2n) is 8.02. The molecule has 7 nitrogen and oxygen atoms in total. The van der Waals surface area contributed by atoms with Crippen LogP contribution in [-0.2, 0) is 23.2 Å². The first kappa shape index (κ1) is 21.5. The summed E-state index contributed by atoms with van der Waals surface area (Å²) in [5.41, 5.74) is 3.38. The first-order chi connectivity index (χ1) is 15.3. The SMILES string of the molecule is Cc1cccc(C)c1OCC(=O)N1Cc2cn(C)nc2C(C(=O)Nc2ccccc2F)C1. The van der Waals surface area contributed by atoms with E-state index in [1.54, 1.807) is 35.0 Å². The van der Waals surface area contributed by atoms with Gasteiger partial charge in [0.2, 0.25) is 5.91 Å². The van der Waals surface area contributed by atoms with E-state index in [0.717, 1.165) is 16.7 Å². The van der Waals surface area contributed by atoms with Gasteiger partial charge in [-0.25, -0.2) is 4.39 Å². The van der Waals surface area contributed by atoms with Gasteiger partial charge in [-0.2, -0.15) is 5.10 Å². The zero-order chi connectivity index (χ0) is 22.8. The van der Waals surface area contributed by atoms with Crippen LogP contribution in [0.4, 0.5) is 10.1 Å². The van der Waals surface area contributed by atoms with Gasteiger partial charge in [0.1, 0.15) is 17.5 Å². The summed E-state index contributed by atoms with van der Waals surface area (Å²) < 4.78 is 21.5. The van der Waals surface area contributed by atoms with Gasteiger partial charge in [-0.1, -0.05) is 30.3 Å². The number of amides is 2. The normalized spacial score (nSPS) is 15.2. The van der Waals surface area contributed by atoms with Crippen LogP contribution >= 0.6 is 0 Å². The van der Waals surface area contributed by atoms with E-state index in [1.165, 1.54) is 12.1 Å². The predicted octanol–water partition coefficient (Wildman–Crippen LogP) is 3.32. The molecule has 1 aliphatic heterocycles. The van der Waals surface area contributed by atoms with Crippen molar-refractivity contribution in [2.75, 3.05) is 18.5 Å². The quantitative estimate of drug-likeness (QED) is 0.666. The Labute approximate surface area is 185 Å². The summed E-state index contributed by atoms with van der Waals surface area (Å²) in [6.07, 6.45) is 1.80. The number of carbonyl (C=O) groups excluding carboxylic acids is 2. The van der Waals surface area contributed by atoms with Gasteiger partial charge in [0.25, 0.3) is 5.91 Å². The van der Waals surface area contributed by atoms with Gasteiger partial charge in [0.15, 0.2) is 6.61 Å². The number of halogens is 1. The average molecular weight is 436 g/mol. The predicted molar refractivity (Wildman–Crippen MR) is 118 cm³/mol. The van der Waals surface area contributed by atoms with Gasteiger partial charge in [-0.15, -0.1) is 0 Å². The van der Waals surface area contributed by atoms with Crippen LogP contribution in [0.25, 0.3) is 0 Å². The molecule has 2 aromatic carbocycles. The van der Waals surface area contributed by atoms with E-state index in [9.17, 15) is 14.0 Å². The van der Waals surface area contributed by atoms with Crippen molar-refractivity contribution in [3.05, 3.63) is 76.9 Å². The lowest BCUT2D eigenvalue weighted by molar-refractivity contribution is -0.135. The van der Waals surface area contributed by atoms with Crippen LogP contribution in [0.1, 0.15) is 28.3 Å². The van der Waals surface area contributed by atoms with Crippen molar-refractivity contribution in [3.8, 4) is 5.75 Å². The summed E-state index contributed by atoms with van der Waals surface area (Å²) in [6, 6.07) is 11.8. The lowest BCUT2D eigenvalue weighted by Gasteiger charge is -2.31. The molecule has 0 spiro atoms. The fraction of sp³-hybridized carbons (Fsp3) is 0.292. The largest absolute Gasteiger partial charge is 0.483 e. The number of nitrogens with zero attached hydrogens (tertiary/aromatic N) is 3. The first-order valence-corrected chi connectivity index (χ1v) is 10.4. The summed E-state index contributed by atoms with van der Waals surface area (Å²) in [4.78, 5) is 27.6. The Kier molecular flexibility index (Phi) is 5.94. The molecule has 32 heavy (non-hydrogen) atoms. The number of anilines is 1. The number of aromatic nitrogens is 2. The third-order valence-electron chi connectivity index (χ3n) is 5.58. The Balaban J connectivity index is 1.52. The fourth-order valence-corrected chi connectivity index (χ4v) is 3.98. The first-order valence-electron chi connectivity index (χ1n) is 10.4. The lowest BCUT2D eigenvalue weighted by atomic mass is 9.95. The number of para-hydroxylation sites is 2. The molecular weight excluding hydrogens is 411 g/mol. The maximum Gasteiger partial charge on any atom is 0.260 e. The molecule has 0 saturated carbocycles. The number of aryl methyl sites for hydroxylation is 3. The van der Waals surface area contributed by atoms with Crippen molar-refractivity contribution in [2.45, 2.75) is 26.3 Å². The summed E-state index contributed by atoms with van der Waals surface area (Å²) >= 11 is 0. The molecule has 0 aliphatic carbocycles. The molecule has 0 bridgehead atoms. The number of carbonyl (C=O) groups is 2. The number of benzene rings is 2. The lowest BCUT2D eigenvalue weighted by Crippen LogP contribution is -2.43. The van der Waals surface area contributed by atoms with E-state index in [-0.39, 0.29) is 24.7 Å². The Hall–Kier alpha value is -3.68. The fourth-order valence-electron chi connectivity index (χ4n) is 3.98. The van der Waals surface area contributed by atoms with E-state index >= 15 is 0 Å². The van der Waals surface area contributed by atoms with Crippen LogP contribution in [-0.4, -0.2) is 39.6 Å². The molecular formula is C24H25FN4O3. The van der Waals surface area contributed by atoms with Gasteiger partial charge >= 0.3 is 0 Å². The van der Waals surface area contributed by atoms with Crippen LogP contribution in [0.2, 0.25) is 0 Å². The topological polar surface area (TPSA) is 76.5 Å². The number of nitrogens with one attached hydrogen (secondary N) is 1. The Morgan fingerprint density at radius 1 is 1.16 bits per heavy atom. The van der Waals surface area contributed by atoms with E-state index in [1.807, 2.05) is 32.0 Å². The number of rotatable bonds is 5. The van der Waals surface area contributed by atoms with Gasteiger partial charge < -0.3 is 15.0 Å². The van der Waals surface area contributed by atoms with Crippen molar-refractivity contribution in [1.29, 1.82) is 0 Å². The summed E-state index contributed by atoms with van der Waals surface area (Å²) in [5, 5.41) is 7.05. The maximum atomic E-state index is 14.0. The number of fused-ring (bicyclic) bond motifs is 1. The van der Waals surface area contributed by atoms with Gasteiger partial charge in [-0.3, -0.25) is 14.3 Å². The summed E-state index contributed by atoms with van der Waals surface area (Å²) in [5.74, 6) is -1.20. The molecule has 1 unspecified atom stereocenters. The van der Waals surface area contributed by atoms with Crippen LogP contribution in [0.5, 0.6) is 5.75 Å². The Morgan fingerprint density at radius 2 is 1.88 bits per heavy atom. The molecule has 3 aromatic rings. The number of hydrogen-bond donors (Lipinski definition) is 1. The van der Waals surface area contributed by atoms with Crippen LogP contribution in [0.15, 0.2) is 48.7 Å². The number of hydrogen-bond acceptors (Lipinski definition) is 4. The molecule has 4 rings (SSSR count). The van der Waals surface area contributed by atoms with Crippen molar-refractivity contribution in [1.82, 2.24) is 14.7 Å².